The van der Waals surface area contributed by atoms with Crippen LogP contribution in [0.15, 0.2) is 48.2 Å². The third-order valence-corrected chi connectivity index (χ3v) is 3.24. The van der Waals surface area contributed by atoms with E-state index in [1.54, 1.807) is 0 Å². The van der Waals surface area contributed by atoms with Gasteiger partial charge in [-0.2, -0.15) is 0 Å². The molecule has 0 aromatic carbocycles. The van der Waals surface area contributed by atoms with Crippen molar-refractivity contribution in [3.8, 4) is 12.3 Å². The molecule has 0 radical (unpaired) electrons. The molecular formula is C18H27N. The van der Waals surface area contributed by atoms with E-state index in [0.29, 0.717) is 0 Å². The van der Waals surface area contributed by atoms with E-state index in [2.05, 4.69) is 37.4 Å². The molecule has 0 heterocycles. The molecule has 0 rings (SSSR count). The van der Waals surface area contributed by atoms with Gasteiger partial charge in [0.05, 0.1) is 0 Å². The molecule has 1 atom stereocenters. The van der Waals surface area contributed by atoms with Crippen LogP contribution in [0.5, 0.6) is 0 Å². The van der Waals surface area contributed by atoms with Crippen molar-refractivity contribution in [1.82, 2.24) is 5.32 Å². The lowest BCUT2D eigenvalue weighted by Crippen LogP contribution is -2.07. The van der Waals surface area contributed by atoms with Crippen molar-refractivity contribution in [2.45, 2.75) is 39.5 Å². The highest BCUT2D eigenvalue weighted by Crippen LogP contribution is 2.17. The highest BCUT2D eigenvalue weighted by atomic mass is 14.8. The fourth-order valence-electron chi connectivity index (χ4n) is 1.85. The fraction of sp³-hybridized carbons (Fsp3) is 0.444. The summed E-state index contributed by atoms with van der Waals surface area (Å²) in [5.41, 5.74) is 3.63. The van der Waals surface area contributed by atoms with E-state index in [4.69, 9.17) is 6.42 Å². The molecule has 1 N–H and O–H groups in total. The van der Waals surface area contributed by atoms with Gasteiger partial charge in [-0.3, -0.25) is 0 Å². The fourth-order valence-corrected chi connectivity index (χ4v) is 1.85. The molecule has 0 bridgehead atoms. The maximum atomic E-state index is 5.39. The topological polar surface area (TPSA) is 12.0 Å². The number of allylic oxidation sites excluding steroid dienone is 5. The maximum Gasteiger partial charge on any atom is 0.0378 e. The molecule has 0 spiro atoms. The predicted octanol–water partition coefficient (Wildman–Crippen LogP) is 4.61. The summed E-state index contributed by atoms with van der Waals surface area (Å²) in [5.74, 6) is 2.91. The quantitative estimate of drug-likeness (QED) is 0.275. The third kappa shape index (κ3) is 6.72. The van der Waals surface area contributed by atoms with E-state index in [9.17, 15) is 0 Å². The first-order valence-corrected chi connectivity index (χ1v) is 6.94. The van der Waals surface area contributed by atoms with Gasteiger partial charge in [0.2, 0.25) is 0 Å². The van der Waals surface area contributed by atoms with Crippen LogP contribution in [0.25, 0.3) is 0 Å². The first kappa shape index (κ1) is 17.3. The summed E-state index contributed by atoms with van der Waals surface area (Å²) in [6.45, 7) is 12.0. The largest absolute Gasteiger partial charge is 0.388 e. The molecule has 19 heavy (non-hydrogen) atoms. The minimum atomic E-state index is 0.183. The average molecular weight is 257 g/mol. The van der Waals surface area contributed by atoms with E-state index >= 15 is 0 Å². The van der Waals surface area contributed by atoms with E-state index in [1.165, 1.54) is 5.57 Å². The lowest BCUT2D eigenvalue weighted by atomic mass is 9.97. The van der Waals surface area contributed by atoms with Gasteiger partial charge in [0.15, 0.2) is 0 Å². The van der Waals surface area contributed by atoms with Gasteiger partial charge in [0.1, 0.15) is 0 Å². The molecule has 0 aliphatic rings. The Morgan fingerprint density at radius 2 is 2.16 bits per heavy atom. The molecule has 0 saturated carbocycles. The van der Waals surface area contributed by atoms with E-state index < -0.39 is 0 Å². The zero-order valence-electron chi connectivity index (χ0n) is 12.6. The van der Waals surface area contributed by atoms with Crippen molar-refractivity contribution in [1.29, 1.82) is 0 Å². The number of nitrogens with one attached hydrogen (secondary N) is 1. The molecule has 0 fully saturated rings. The van der Waals surface area contributed by atoms with Gasteiger partial charge in [-0.25, -0.2) is 0 Å². The zero-order valence-corrected chi connectivity index (χ0v) is 12.6. The zero-order chi connectivity index (χ0) is 14.7. The lowest BCUT2D eigenvalue weighted by molar-refractivity contribution is 0.748. The standard InChI is InChI=1S/C18H27N/c1-7-12-18(19-6)17(9-3)14-11-10-13-16(5)15(4)8-2/h2,7,12,14-15,19H,1,5,9-11,13H2,3-4,6H3/b17-14+,18-12-. The van der Waals surface area contributed by atoms with Gasteiger partial charge >= 0.3 is 0 Å². The molecule has 0 saturated heterocycles. The normalized spacial score (nSPS) is 13.6. The number of unbranched alkanes of at least 4 members (excludes halogenated alkanes) is 1. The summed E-state index contributed by atoms with van der Waals surface area (Å²) in [6.07, 6.45) is 15.7. The second-order valence-electron chi connectivity index (χ2n) is 4.59. The van der Waals surface area contributed by atoms with Crippen LogP contribution in [0.3, 0.4) is 0 Å². The minimum absolute atomic E-state index is 0.183. The van der Waals surface area contributed by atoms with Crippen molar-refractivity contribution >= 4 is 0 Å². The second-order valence-corrected chi connectivity index (χ2v) is 4.59. The molecule has 0 aliphatic heterocycles. The molecule has 0 amide bonds. The second kappa shape index (κ2) is 10.3. The van der Waals surface area contributed by atoms with Crippen molar-refractivity contribution in [2.24, 2.45) is 5.92 Å². The third-order valence-electron chi connectivity index (χ3n) is 3.24. The van der Waals surface area contributed by atoms with Gasteiger partial charge in [-0.15, -0.1) is 6.42 Å². The van der Waals surface area contributed by atoms with Crippen LogP contribution in [0.4, 0.5) is 0 Å². The minimum Gasteiger partial charge on any atom is -0.388 e. The SMILES string of the molecule is C#CC(C)C(=C)CCC/C=C(CC)/C(=C/C=C)NC. The Labute approximate surface area is 119 Å². The molecule has 1 heteroatoms. The van der Waals surface area contributed by atoms with Crippen LogP contribution in [-0.2, 0) is 0 Å². The maximum absolute atomic E-state index is 5.39. The molecular weight excluding hydrogens is 230 g/mol. The Balaban J connectivity index is 4.37. The lowest BCUT2D eigenvalue weighted by Gasteiger charge is -2.10. The molecule has 104 valence electrons. The number of rotatable bonds is 9. The highest BCUT2D eigenvalue weighted by Gasteiger charge is 2.03. The van der Waals surface area contributed by atoms with Gasteiger partial charge in [-0.05, 0) is 44.3 Å². The summed E-state index contributed by atoms with van der Waals surface area (Å²) in [4.78, 5) is 0. The number of likely N-dealkylation sites (N-methyl/N-ethyl adjacent to an activating group) is 1. The number of hydrogen-bond donors (Lipinski definition) is 1. The highest BCUT2D eigenvalue weighted by molar-refractivity contribution is 5.31. The molecule has 1 nitrogen and oxygen atoms in total. The van der Waals surface area contributed by atoms with Crippen molar-refractivity contribution in [2.75, 3.05) is 7.05 Å². The molecule has 0 aromatic rings. The van der Waals surface area contributed by atoms with Crippen LogP contribution in [-0.4, -0.2) is 7.05 Å². The van der Waals surface area contributed by atoms with Crippen molar-refractivity contribution in [3.63, 3.8) is 0 Å². The van der Waals surface area contributed by atoms with Crippen LogP contribution in [0.2, 0.25) is 0 Å². The first-order chi connectivity index (χ1) is 9.10. The molecule has 0 aromatic heterocycles. The van der Waals surface area contributed by atoms with Crippen LogP contribution < -0.4 is 5.32 Å². The summed E-state index contributed by atoms with van der Waals surface area (Å²) in [5, 5.41) is 3.21. The summed E-state index contributed by atoms with van der Waals surface area (Å²) in [6, 6.07) is 0. The Morgan fingerprint density at radius 1 is 1.47 bits per heavy atom. The molecule has 0 aliphatic carbocycles. The van der Waals surface area contributed by atoms with Crippen LogP contribution >= 0.6 is 0 Å². The van der Waals surface area contributed by atoms with E-state index in [1.807, 2.05) is 26.1 Å². The Kier molecular flexibility index (Phi) is 9.35. The van der Waals surface area contributed by atoms with Gasteiger partial charge < -0.3 is 5.32 Å². The number of hydrogen-bond acceptors (Lipinski definition) is 1. The first-order valence-electron chi connectivity index (χ1n) is 6.94. The van der Waals surface area contributed by atoms with Crippen LogP contribution in [0.1, 0.15) is 39.5 Å². The van der Waals surface area contributed by atoms with Gasteiger partial charge in [0.25, 0.3) is 0 Å². The van der Waals surface area contributed by atoms with Gasteiger partial charge in [-0.1, -0.05) is 43.7 Å². The average Bonchev–Trinajstić information content (AvgIpc) is 2.44. The van der Waals surface area contributed by atoms with Crippen LogP contribution in [0, 0.1) is 18.3 Å². The van der Waals surface area contributed by atoms with Gasteiger partial charge in [0, 0.05) is 18.7 Å². The summed E-state index contributed by atoms with van der Waals surface area (Å²) >= 11 is 0. The summed E-state index contributed by atoms with van der Waals surface area (Å²) in [7, 11) is 1.94. The Morgan fingerprint density at radius 3 is 2.63 bits per heavy atom. The van der Waals surface area contributed by atoms with E-state index in [0.717, 1.165) is 37.0 Å². The summed E-state index contributed by atoms with van der Waals surface area (Å²) < 4.78 is 0. The number of terminal acetylenes is 1. The van der Waals surface area contributed by atoms with Crippen molar-refractivity contribution < 1.29 is 0 Å². The predicted molar refractivity (Wildman–Crippen MR) is 86.7 cm³/mol. The van der Waals surface area contributed by atoms with E-state index in [-0.39, 0.29) is 5.92 Å². The molecule has 1 unspecified atom stereocenters. The van der Waals surface area contributed by atoms with Crippen molar-refractivity contribution in [3.05, 3.63) is 48.2 Å². The smallest absolute Gasteiger partial charge is 0.0378 e. The Hall–Kier alpha value is -1.68. The Bertz CT molecular complexity index is 390. The monoisotopic (exact) mass is 257 g/mol.